The highest BCUT2D eigenvalue weighted by Gasteiger charge is 2.20. The molecule has 1 aliphatic heterocycles. The lowest BCUT2D eigenvalue weighted by Gasteiger charge is -2.20. The molecule has 0 amide bonds. The fraction of sp³-hybridized carbons (Fsp3) is 0.235. The summed E-state index contributed by atoms with van der Waals surface area (Å²) < 4.78 is 21.2. The number of halogens is 1. The first kappa shape index (κ1) is 17.8. The first-order valence-corrected chi connectivity index (χ1v) is 7.95. The molecule has 136 valence electrons. The van der Waals surface area contributed by atoms with Crippen LogP contribution in [0.4, 0.5) is 5.69 Å². The minimum Gasteiger partial charge on any atom is -0.496 e. The van der Waals surface area contributed by atoms with Crippen LogP contribution in [-0.4, -0.2) is 31.2 Å². The number of esters is 1. The number of fused-ring (bicyclic) bond motifs is 1. The van der Waals surface area contributed by atoms with Crippen LogP contribution in [0.5, 0.6) is 17.2 Å². The number of rotatable bonds is 5. The number of non-ortho nitro benzene ring substituents is 1. The van der Waals surface area contributed by atoms with Crippen LogP contribution in [0.2, 0.25) is 5.02 Å². The molecule has 0 atom stereocenters. The van der Waals surface area contributed by atoms with Crippen LogP contribution in [0.25, 0.3) is 0 Å². The quantitative estimate of drug-likeness (QED) is 0.446. The summed E-state index contributed by atoms with van der Waals surface area (Å²) in [5.41, 5.74) is 0.322. The molecule has 3 rings (SSSR count). The molecule has 26 heavy (non-hydrogen) atoms. The molecule has 0 spiro atoms. The Hall–Kier alpha value is -3.00. The van der Waals surface area contributed by atoms with Gasteiger partial charge in [0.05, 0.1) is 17.1 Å². The van der Waals surface area contributed by atoms with Crippen LogP contribution >= 0.6 is 11.6 Å². The van der Waals surface area contributed by atoms with E-state index < -0.39 is 10.9 Å². The van der Waals surface area contributed by atoms with Crippen LogP contribution in [0.15, 0.2) is 30.3 Å². The minimum absolute atomic E-state index is 0.0367. The largest absolute Gasteiger partial charge is 0.496 e. The Morgan fingerprint density at radius 2 is 2.04 bits per heavy atom. The molecule has 0 saturated carbocycles. The average Bonchev–Trinajstić information content (AvgIpc) is 2.65. The first-order valence-electron chi connectivity index (χ1n) is 7.57. The summed E-state index contributed by atoms with van der Waals surface area (Å²) in [5, 5.41) is 11.2. The second-order valence-corrected chi connectivity index (χ2v) is 5.73. The maximum absolute atomic E-state index is 12.3. The summed E-state index contributed by atoms with van der Waals surface area (Å²) in [5.74, 6) is 0.355. The van der Waals surface area contributed by atoms with E-state index in [4.69, 9.17) is 30.5 Å². The van der Waals surface area contributed by atoms with E-state index >= 15 is 0 Å². The zero-order valence-corrected chi connectivity index (χ0v) is 14.4. The molecule has 2 aromatic carbocycles. The van der Waals surface area contributed by atoms with Gasteiger partial charge in [-0.2, -0.15) is 0 Å². The lowest BCUT2D eigenvalue weighted by molar-refractivity contribution is -0.384. The summed E-state index contributed by atoms with van der Waals surface area (Å²) in [7, 11) is 1.36. The van der Waals surface area contributed by atoms with E-state index in [1.165, 1.54) is 19.2 Å². The summed E-state index contributed by atoms with van der Waals surface area (Å²) in [6.07, 6.45) is 0. The van der Waals surface area contributed by atoms with E-state index in [1.807, 2.05) is 0 Å². The van der Waals surface area contributed by atoms with Gasteiger partial charge in [0.25, 0.3) is 5.69 Å². The highest BCUT2D eigenvalue weighted by molar-refractivity contribution is 6.32. The molecule has 0 aromatic heterocycles. The summed E-state index contributed by atoms with van der Waals surface area (Å²) >= 11 is 6.14. The van der Waals surface area contributed by atoms with Crippen molar-refractivity contribution >= 4 is 23.3 Å². The van der Waals surface area contributed by atoms with Gasteiger partial charge in [-0.25, -0.2) is 4.79 Å². The molecular weight excluding hydrogens is 366 g/mol. The van der Waals surface area contributed by atoms with Gasteiger partial charge < -0.3 is 18.9 Å². The van der Waals surface area contributed by atoms with Gasteiger partial charge in [-0.05, 0) is 23.8 Å². The average molecular weight is 380 g/mol. The number of methoxy groups -OCH3 is 1. The Morgan fingerprint density at radius 3 is 2.77 bits per heavy atom. The van der Waals surface area contributed by atoms with Gasteiger partial charge in [-0.15, -0.1) is 0 Å². The Bertz CT molecular complexity index is 868. The van der Waals surface area contributed by atoms with Crippen molar-refractivity contribution in [3.05, 3.63) is 56.6 Å². The molecular formula is C17H14ClNO7. The minimum atomic E-state index is -0.753. The zero-order chi connectivity index (χ0) is 18.7. The van der Waals surface area contributed by atoms with Gasteiger partial charge in [0, 0.05) is 12.1 Å². The summed E-state index contributed by atoms with van der Waals surface area (Å²) in [6, 6.07) is 6.97. The van der Waals surface area contributed by atoms with Gasteiger partial charge in [-0.1, -0.05) is 11.6 Å². The van der Waals surface area contributed by atoms with Crippen molar-refractivity contribution in [2.75, 3.05) is 20.3 Å². The smallest absolute Gasteiger partial charge is 0.342 e. The summed E-state index contributed by atoms with van der Waals surface area (Å²) in [6.45, 7) is 0.714. The molecule has 8 nitrogen and oxygen atoms in total. The van der Waals surface area contributed by atoms with E-state index in [2.05, 4.69) is 0 Å². The Morgan fingerprint density at radius 1 is 1.27 bits per heavy atom. The SMILES string of the molecule is COc1ccc([N+](=O)[O-])cc1C(=O)OCc1cc(Cl)c2c(c1)OCCO2. The van der Waals surface area contributed by atoms with E-state index in [0.29, 0.717) is 35.3 Å². The first-order chi connectivity index (χ1) is 12.5. The van der Waals surface area contributed by atoms with Crippen molar-refractivity contribution in [3.63, 3.8) is 0 Å². The van der Waals surface area contributed by atoms with Gasteiger partial charge in [0.2, 0.25) is 0 Å². The number of carbonyl (C=O) groups excluding carboxylic acids is 1. The van der Waals surface area contributed by atoms with Gasteiger partial charge in [0.1, 0.15) is 31.1 Å². The highest BCUT2D eigenvalue weighted by Crippen LogP contribution is 2.38. The van der Waals surface area contributed by atoms with Crippen molar-refractivity contribution in [2.24, 2.45) is 0 Å². The fourth-order valence-electron chi connectivity index (χ4n) is 2.44. The molecule has 9 heteroatoms. The Kier molecular flexibility index (Phi) is 5.13. The number of carbonyl (C=O) groups is 1. The Labute approximate surface area is 153 Å². The van der Waals surface area contributed by atoms with Crippen LogP contribution in [0, 0.1) is 10.1 Å². The number of hydrogen-bond acceptors (Lipinski definition) is 7. The normalized spacial score (nSPS) is 12.4. The maximum Gasteiger partial charge on any atom is 0.342 e. The van der Waals surface area contributed by atoms with Crippen molar-refractivity contribution in [1.29, 1.82) is 0 Å². The lowest BCUT2D eigenvalue weighted by Crippen LogP contribution is -2.16. The maximum atomic E-state index is 12.3. The monoisotopic (exact) mass is 379 g/mol. The molecule has 0 unspecified atom stereocenters. The molecule has 0 N–H and O–H groups in total. The molecule has 2 aromatic rings. The predicted octanol–water partition coefficient (Wildman–Crippen LogP) is 3.39. The van der Waals surface area contributed by atoms with E-state index in [0.717, 1.165) is 6.07 Å². The molecule has 0 radical (unpaired) electrons. The van der Waals surface area contributed by atoms with Gasteiger partial charge >= 0.3 is 5.97 Å². The number of nitrogens with zero attached hydrogens (tertiary/aromatic N) is 1. The second-order valence-electron chi connectivity index (χ2n) is 5.32. The van der Waals surface area contributed by atoms with E-state index in [-0.39, 0.29) is 23.6 Å². The van der Waals surface area contributed by atoms with Crippen LogP contribution in [-0.2, 0) is 11.3 Å². The number of nitro groups is 1. The Balaban J connectivity index is 1.78. The second kappa shape index (κ2) is 7.49. The molecule has 0 bridgehead atoms. The lowest BCUT2D eigenvalue weighted by atomic mass is 10.1. The predicted molar refractivity (Wildman–Crippen MR) is 91.2 cm³/mol. The number of hydrogen-bond donors (Lipinski definition) is 0. The third kappa shape index (κ3) is 3.65. The number of ether oxygens (including phenoxy) is 4. The molecule has 0 fully saturated rings. The molecule has 0 aliphatic carbocycles. The number of benzene rings is 2. The zero-order valence-electron chi connectivity index (χ0n) is 13.7. The van der Waals surface area contributed by atoms with Crippen molar-refractivity contribution in [3.8, 4) is 17.2 Å². The molecule has 1 heterocycles. The van der Waals surface area contributed by atoms with Crippen molar-refractivity contribution in [1.82, 2.24) is 0 Å². The van der Waals surface area contributed by atoms with Crippen molar-refractivity contribution in [2.45, 2.75) is 6.61 Å². The third-order valence-corrected chi connectivity index (χ3v) is 3.92. The van der Waals surface area contributed by atoms with Crippen LogP contribution in [0.3, 0.4) is 0 Å². The van der Waals surface area contributed by atoms with Crippen LogP contribution in [0.1, 0.15) is 15.9 Å². The third-order valence-electron chi connectivity index (χ3n) is 3.64. The standard InChI is InChI=1S/C17H14ClNO7/c1-23-14-3-2-11(19(21)22)8-12(14)17(20)26-9-10-6-13(18)16-15(7-10)24-4-5-25-16/h2-3,6-8H,4-5,9H2,1H3. The topological polar surface area (TPSA) is 97.1 Å². The number of nitro benzene ring substituents is 1. The summed E-state index contributed by atoms with van der Waals surface area (Å²) in [4.78, 5) is 22.6. The van der Waals surface area contributed by atoms with E-state index in [1.54, 1.807) is 12.1 Å². The fourth-order valence-corrected chi connectivity index (χ4v) is 2.73. The van der Waals surface area contributed by atoms with E-state index in [9.17, 15) is 14.9 Å². The molecule has 0 saturated heterocycles. The van der Waals surface area contributed by atoms with Crippen LogP contribution < -0.4 is 14.2 Å². The van der Waals surface area contributed by atoms with Gasteiger partial charge in [0.15, 0.2) is 11.5 Å². The van der Waals surface area contributed by atoms with Gasteiger partial charge in [-0.3, -0.25) is 10.1 Å². The van der Waals surface area contributed by atoms with Crippen molar-refractivity contribution < 1.29 is 28.7 Å². The molecule has 1 aliphatic rings. The highest BCUT2D eigenvalue weighted by atomic mass is 35.5.